The smallest absolute Gasteiger partial charge is 0.230 e. The Balaban J connectivity index is 1.92. The van der Waals surface area contributed by atoms with E-state index in [9.17, 15) is 4.79 Å². The van der Waals surface area contributed by atoms with Crippen LogP contribution in [0.15, 0.2) is 58.0 Å². The summed E-state index contributed by atoms with van der Waals surface area (Å²) in [4.78, 5) is 21.3. The van der Waals surface area contributed by atoms with Crippen LogP contribution in [0.4, 0.5) is 0 Å². The van der Waals surface area contributed by atoms with Crippen molar-refractivity contribution >= 4 is 44.5 Å². The van der Waals surface area contributed by atoms with Crippen molar-refractivity contribution in [1.29, 1.82) is 0 Å². The van der Waals surface area contributed by atoms with Crippen LogP contribution in [-0.4, -0.2) is 28.2 Å². The third-order valence-corrected chi connectivity index (χ3v) is 5.10. The number of thioether (sulfide) groups is 1. The number of nitrogens with one attached hydrogen (secondary N) is 1. The number of fused-ring (bicyclic) bond motifs is 1. The minimum Gasteiger partial charge on any atom is -0.355 e. The predicted octanol–water partition coefficient (Wildman–Crippen LogP) is 4.68. The fourth-order valence-corrected chi connectivity index (χ4v) is 3.45. The van der Waals surface area contributed by atoms with Gasteiger partial charge in [-0.25, -0.2) is 9.97 Å². The van der Waals surface area contributed by atoms with Gasteiger partial charge in [-0.15, -0.1) is 0 Å². The van der Waals surface area contributed by atoms with E-state index in [1.54, 1.807) is 0 Å². The number of hydrogen-bond donors (Lipinski definition) is 1. The molecule has 0 aliphatic carbocycles. The van der Waals surface area contributed by atoms with Crippen molar-refractivity contribution in [3.8, 4) is 11.4 Å². The monoisotopic (exact) mass is 415 g/mol. The maximum atomic E-state index is 11.9. The minimum absolute atomic E-state index is 0.0275. The molecular formula is C19H18BrN3OS. The molecule has 1 heterocycles. The molecule has 6 heteroatoms. The van der Waals surface area contributed by atoms with Gasteiger partial charge in [0.15, 0.2) is 5.82 Å². The fourth-order valence-electron chi connectivity index (χ4n) is 2.33. The van der Waals surface area contributed by atoms with E-state index in [4.69, 9.17) is 4.98 Å². The quantitative estimate of drug-likeness (QED) is 0.469. The molecule has 1 aromatic heterocycles. The number of rotatable bonds is 6. The predicted molar refractivity (Wildman–Crippen MR) is 107 cm³/mol. The molecule has 0 bridgehead atoms. The molecule has 0 atom stereocenters. The zero-order valence-electron chi connectivity index (χ0n) is 13.8. The third kappa shape index (κ3) is 4.58. The van der Waals surface area contributed by atoms with Crippen molar-refractivity contribution in [1.82, 2.24) is 15.3 Å². The summed E-state index contributed by atoms with van der Waals surface area (Å²) in [5, 5.41) is 4.69. The van der Waals surface area contributed by atoms with Crippen molar-refractivity contribution in [2.45, 2.75) is 18.4 Å². The molecule has 0 aliphatic rings. The maximum absolute atomic E-state index is 11.9. The lowest BCUT2D eigenvalue weighted by molar-refractivity contribution is -0.118. The zero-order valence-corrected chi connectivity index (χ0v) is 16.2. The molecule has 3 rings (SSSR count). The molecule has 0 radical (unpaired) electrons. The first-order chi connectivity index (χ1) is 12.2. The van der Waals surface area contributed by atoms with Gasteiger partial charge in [0.05, 0.1) is 11.3 Å². The Bertz CT molecular complexity index is 883. The van der Waals surface area contributed by atoms with Crippen LogP contribution in [0.2, 0.25) is 0 Å². The number of benzene rings is 2. The summed E-state index contributed by atoms with van der Waals surface area (Å²) < 4.78 is 1.01. The van der Waals surface area contributed by atoms with Gasteiger partial charge in [0.25, 0.3) is 0 Å². The number of carbonyl (C=O) groups excluding carboxylic acids is 1. The summed E-state index contributed by atoms with van der Waals surface area (Å²) in [6.07, 6.45) is 0.931. The van der Waals surface area contributed by atoms with E-state index in [1.165, 1.54) is 11.8 Å². The maximum Gasteiger partial charge on any atom is 0.230 e. The SMILES string of the molecule is CCCNC(=O)CSc1nc(-c2ccc(Br)cc2)nc2ccccc12. The standard InChI is InChI=1S/C19H18BrN3OS/c1-2-11-21-17(24)12-25-19-15-5-3-4-6-16(15)22-18(23-19)13-7-9-14(20)10-8-13/h3-10H,2,11-12H2,1H3,(H,21,24). The lowest BCUT2D eigenvalue weighted by atomic mass is 10.2. The topological polar surface area (TPSA) is 54.9 Å². The van der Waals surface area contributed by atoms with Crippen LogP contribution >= 0.6 is 27.7 Å². The van der Waals surface area contributed by atoms with Crippen molar-refractivity contribution in [2.75, 3.05) is 12.3 Å². The van der Waals surface area contributed by atoms with Gasteiger partial charge >= 0.3 is 0 Å². The summed E-state index contributed by atoms with van der Waals surface area (Å²) in [6, 6.07) is 15.8. The second-order valence-electron chi connectivity index (χ2n) is 5.52. The van der Waals surface area contributed by atoms with Gasteiger partial charge < -0.3 is 5.32 Å². The molecule has 0 spiro atoms. The lowest BCUT2D eigenvalue weighted by Crippen LogP contribution is -2.25. The molecule has 0 fully saturated rings. The van der Waals surface area contributed by atoms with E-state index in [2.05, 4.69) is 26.2 Å². The van der Waals surface area contributed by atoms with E-state index in [-0.39, 0.29) is 5.91 Å². The summed E-state index contributed by atoms with van der Waals surface area (Å²) >= 11 is 4.89. The van der Waals surface area contributed by atoms with E-state index in [1.807, 2.05) is 55.5 Å². The number of halogens is 1. The fraction of sp³-hybridized carbons (Fsp3) is 0.211. The normalized spacial score (nSPS) is 10.8. The average Bonchev–Trinajstić information content (AvgIpc) is 2.64. The second kappa shape index (κ2) is 8.45. The number of nitrogens with zero attached hydrogens (tertiary/aromatic N) is 2. The first kappa shape index (κ1) is 17.9. The molecule has 0 saturated carbocycles. The lowest BCUT2D eigenvalue weighted by Gasteiger charge is -2.09. The first-order valence-corrected chi connectivity index (χ1v) is 9.87. The first-order valence-electron chi connectivity index (χ1n) is 8.09. The van der Waals surface area contributed by atoms with Gasteiger partial charge in [0, 0.05) is 22.0 Å². The number of amides is 1. The minimum atomic E-state index is 0.0275. The van der Waals surface area contributed by atoms with Gasteiger partial charge in [-0.3, -0.25) is 4.79 Å². The average molecular weight is 416 g/mol. The number of carbonyl (C=O) groups is 1. The molecule has 0 unspecified atom stereocenters. The molecule has 0 saturated heterocycles. The molecule has 25 heavy (non-hydrogen) atoms. The Morgan fingerprint density at radius 2 is 1.88 bits per heavy atom. The van der Waals surface area contributed by atoms with Crippen LogP contribution in [0.25, 0.3) is 22.3 Å². The molecule has 128 valence electrons. The molecule has 3 aromatic rings. The Morgan fingerprint density at radius 3 is 2.64 bits per heavy atom. The molecule has 4 nitrogen and oxygen atoms in total. The highest BCUT2D eigenvalue weighted by Gasteiger charge is 2.11. The number of hydrogen-bond acceptors (Lipinski definition) is 4. The van der Waals surface area contributed by atoms with Crippen LogP contribution in [0.1, 0.15) is 13.3 Å². The van der Waals surface area contributed by atoms with E-state index >= 15 is 0 Å². The van der Waals surface area contributed by atoms with Crippen molar-refractivity contribution in [2.24, 2.45) is 0 Å². The molecule has 2 aromatic carbocycles. The summed E-state index contributed by atoms with van der Waals surface area (Å²) in [6.45, 7) is 2.74. The Kier molecular flexibility index (Phi) is 6.04. The van der Waals surface area contributed by atoms with Crippen LogP contribution in [-0.2, 0) is 4.79 Å². The van der Waals surface area contributed by atoms with Gasteiger partial charge in [-0.2, -0.15) is 0 Å². The highest BCUT2D eigenvalue weighted by Crippen LogP contribution is 2.28. The highest BCUT2D eigenvalue weighted by atomic mass is 79.9. The Morgan fingerprint density at radius 1 is 1.12 bits per heavy atom. The van der Waals surface area contributed by atoms with Crippen LogP contribution in [0.5, 0.6) is 0 Å². The molecule has 1 amide bonds. The van der Waals surface area contributed by atoms with Crippen molar-refractivity contribution in [3.63, 3.8) is 0 Å². The Hall–Kier alpha value is -1.92. The second-order valence-corrected chi connectivity index (χ2v) is 7.39. The van der Waals surface area contributed by atoms with E-state index in [0.717, 1.165) is 32.4 Å². The van der Waals surface area contributed by atoms with E-state index in [0.29, 0.717) is 18.1 Å². The van der Waals surface area contributed by atoms with Crippen LogP contribution < -0.4 is 5.32 Å². The zero-order chi connectivity index (χ0) is 17.6. The summed E-state index contributed by atoms with van der Waals surface area (Å²) in [5.41, 5.74) is 1.83. The van der Waals surface area contributed by atoms with Crippen molar-refractivity contribution < 1.29 is 4.79 Å². The van der Waals surface area contributed by atoms with E-state index < -0.39 is 0 Å². The van der Waals surface area contributed by atoms with Gasteiger partial charge in [0.1, 0.15) is 5.03 Å². The molecular weight excluding hydrogens is 398 g/mol. The van der Waals surface area contributed by atoms with Crippen LogP contribution in [0, 0.1) is 0 Å². The summed E-state index contributed by atoms with van der Waals surface area (Å²) in [7, 11) is 0. The molecule has 0 aliphatic heterocycles. The highest BCUT2D eigenvalue weighted by molar-refractivity contribution is 9.10. The Labute approximate surface area is 159 Å². The number of para-hydroxylation sites is 1. The van der Waals surface area contributed by atoms with Gasteiger partial charge in [0.2, 0.25) is 5.91 Å². The van der Waals surface area contributed by atoms with Gasteiger partial charge in [-0.1, -0.05) is 64.9 Å². The van der Waals surface area contributed by atoms with Crippen LogP contribution in [0.3, 0.4) is 0 Å². The third-order valence-electron chi connectivity index (χ3n) is 3.58. The van der Waals surface area contributed by atoms with Crippen molar-refractivity contribution in [3.05, 3.63) is 53.0 Å². The van der Waals surface area contributed by atoms with Gasteiger partial charge in [-0.05, 0) is 24.6 Å². The number of aromatic nitrogens is 2. The summed E-state index contributed by atoms with van der Waals surface area (Å²) in [5.74, 6) is 1.04. The molecule has 1 N–H and O–H groups in total. The largest absolute Gasteiger partial charge is 0.355 e.